The number of fused-ring (bicyclic) bond motifs is 2. The van der Waals surface area contributed by atoms with E-state index in [2.05, 4.69) is 20.7 Å². The number of hydrogen-bond donors (Lipinski definition) is 3. The zero-order valence-corrected chi connectivity index (χ0v) is 20.2. The van der Waals surface area contributed by atoms with Crippen molar-refractivity contribution in [3.05, 3.63) is 90.6 Å². The van der Waals surface area contributed by atoms with Gasteiger partial charge < -0.3 is 25.2 Å². The Labute approximate surface area is 219 Å². The molecule has 6 rings (SSSR count). The Morgan fingerprint density at radius 1 is 1.05 bits per heavy atom. The van der Waals surface area contributed by atoms with Gasteiger partial charge in [-0.1, -0.05) is 36.4 Å². The van der Waals surface area contributed by atoms with E-state index in [4.69, 9.17) is 17.3 Å². The third-order valence-electron chi connectivity index (χ3n) is 6.15. The summed E-state index contributed by atoms with van der Waals surface area (Å²) >= 11 is 0. The maximum absolute atomic E-state index is 12.8. The molecule has 2 radical (unpaired) electrons. The van der Waals surface area contributed by atoms with Crippen LogP contribution in [0.2, 0.25) is 0 Å². The lowest BCUT2D eigenvalue weighted by Crippen LogP contribution is -2.40. The summed E-state index contributed by atoms with van der Waals surface area (Å²) in [6.45, 7) is 0.563. The van der Waals surface area contributed by atoms with Gasteiger partial charge in [0.25, 0.3) is 5.91 Å². The molecule has 1 aliphatic rings. The molecule has 10 heteroatoms. The van der Waals surface area contributed by atoms with Crippen LogP contribution in [0.25, 0.3) is 16.9 Å². The first-order chi connectivity index (χ1) is 18.5. The van der Waals surface area contributed by atoms with Crippen LogP contribution in [0.4, 0.5) is 11.5 Å². The quantitative estimate of drug-likeness (QED) is 0.305. The molecule has 0 fully saturated rings. The zero-order valence-electron chi connectivity index (χ0n) is 20.2. The molecule has 2 aromatic heterocycles. The summed E-state index contributed by atoms with van der Waals surface area (Å²) in [6.07, 6.45) is 0.781. The molecule has 3 N–H and O–H groups in total. The van der Waals surface area contributed by atoms with Crippen molar-refractivity contribution in [1.29, 1.82) is 0 Å². The van der Waals surface area contributed by atoms with Crippen molar-refractivity contribution < 1.29 is 19.4 Å². The molecule has 1 amide bonds. The average Bonchev–Trinajstić information content (AvgIpc) is 3.32. The van der Waals surface area contributed by atoms with Gasteiger partial charge in [-0.15, -0.1) is 0 Å². The summed E-state index contributed by atoms with van der Waals surface area (Å²) in [5, 5.41) is 20.9. The standard InChI is InChI=1S/C28H22BN5O4/c29-20-15-31-34-26(13-21(33-27(20)34)19-8-1-2-9-22(19)35)30-14-17-6-5-7-18(12-17)32-28(36)25-16-37-23-10-3-4-11-24(23)38-25/h1-13,15,25,30,35H,14,16H2,(H,32,36). The number of aromatic hydroxyl groups is 1. The molecular weight excluding hydrogens is 481 g/mol. The van der Waals surface area contributed by atoms with Crippen LogP contribution in [0.3, 0.4) is 0 Å². The number of ether oxygens (including phenoxy) is 2. The summed E-state index contributed by atoms with van der Waals surface area (Å²) in [6, 6.07) is 23.5. The van der Waals surface area contributed by atoms with Crippen LogP contribution in [0, 0.1) is 0 Å². The summed E-state index contributed by atoms with van der Waals surface area (Å²) in [7, 11) is 6.10. The second-order valence-electron chi connectivity index (χ2n) is 8.79. The molecule has 3 aromatic carbocycles. The van der Waals surface area contributed by atoms with Crippen molar-refractivity contribution in [2.24, 2.45) is 0 Å². The SMILES string of the molecule is [B]c1cnn2c(NCc3cccc(NC(=O)C4COc5ccccc5O4)c3)cc(-c3ccccc3O)nc12. The molecular formula is C28H22BN5O4. The molecule has 0 saturated carbocycles. The predicted octanol–water partition coefficient (Wildman–Crippen LogP) is 3.29. The number of carbonyl (C=O) groups excluding carboxylic acids is 1. The molecule has 0 saturated heterocycles. The first-order valence-electron chi connectivity index (χ1n) is 12.0. The van der Waals surface area contributed by atoms with Gasteiger partial charge in [0.1, 0.15) is 26.0 Å². The average molecular weight is 503 g/mol. The van der Waals surface area contributed by atoms with Gasteiger partial charge in [-0.3, -0.25) is 4.79 Å². The predicted molar refractivity (Wildman–Crippen MR) is 144 cm³/mol. The number of phenols is 1. The van der Waals surface area contributed by atoms with Gasteiger partial charge in [0.2, 0.25) is 6.10 Å². The van der Waals surface area contributed by atoms with Crippen molar-refractivity contribution in [2.45, 2.75) is 12.6 Å². The van der Waals surface area contributed by atoms with Gasteiger partial charge in [-0.2, -0.15) is 9.61 Å². The van der Waals surface area contributed by atoms with Crippen molar-refractivity contribution in [3.63, 3.8) is 0 Å². The lowest BCUT2D eigenvalue weighted by molar-refractivity contribution is -0.125. The summed E-state index contributed by atoms with van der Waals surface area (Å²) < 4.78 is 13.1. The molecule has 9 nitrogen and oxygen atoms in total. The third-order valence-corrected chi connectivity index (χ3v) is 6.15. The Balaban J connectivity index is 1.19. The Hall–Kier alpha value is -4.99. The van der Waals surface area contributed by atoms with Crippen LogP contribution < -0.4 is 25.6 Å². The van der Waals surface area contributed by atoms with E-state index in [1.807, 2.05) is 42.5 Å². The molecule has 1 aliphatic heterocycles. The largest absolute Gasteiger partial charge is 0.507 e. The second-order valence-corrected chi connectivity index (χ2v) is 8.79. The topological polar surface area (TPSA) is 110 Å². The number of aromatic nitrogens is 3. The molecule has 3 heterocycles. The van der Waals surface area contributed by atoms with E-state index in [9.17, 15) is 9.90 Å². The highest BCUT2D eigenvalue weighted by Gasteiger charge is 2.27. The number of phenolic OH excluding ortho intramolecular Hbond substituents is 1. The molecule has 0 aliphatic carbocycles. The van der Waals surface area contributed by atoms with Crippen LogP contribution in [-0.4, -0.2) is 46.2 Å². The first-order valence-corrected chi connectivity index (χ1v) is 12.0. The maximum Gasteiger partial charge on any atom is 0.269 e. The summed E-state index contributed by atoms with van der Waals surface area (Å²) in [5.74, 6) is 1.64. The second kappa shape index (κ2) is 9.81. The van der Waals surface area contributed by atoms with E-state index in [1.165, 1.54) is 6.20 Å². The number of nitrogens with one attached hydrogen (secondary N) is 2. The van der Waals surface area contributed by atoms with Crippen molar-refractivity contribution >= 4 is 36.4 Å². The summed E-state index contributed by atoms with van der Waals surface area (Å²) in [4.78, 5) is 17.4. The zero-order chi connectivity index (χ0) is 26.1. The maximum atomic E-state index is 12.8. The number of para-hydroxylation sites is 3. The Kier molecular flexibility index (Phi) is 6.05. The van der Waals surface area contributed by atoms with Crippen LogP contribution in [0.1, 0.15) is 5.56 Å². The van der Waals surface area contributed by atoms with Crippen LogP contribution >= 0.6 is 0 Å². The Morgan fingerprint density at radius 2 is 1.87 bits per heavy atom. The Bertz CT molecular complexity index is 1650. The lowest BCUT2D eigenvalue weighted by atomic mass is 10.0. The van der Waals surface area contributed by atoms with Gasteiger partial charge in [0, 0.05) is 30.1 Å². The number of carbonyl (C=O) groups is 1. The van der Waals surface area contributed by atoms with Crippen LogP contribution in [-0.2, 0) is 11.3 Å². The van der Waals surface area contributed by atoms with E-state index in [-0.39, 0.29) is 18.3 Å². The number of hydrogen-bond acceptors (Lipinski definition) is 7. The number of amides is 1. The number of anilines is 2. The van der Waals surface area contributed by atoms with E-state index >= 15 is 0 Å². The highest BCUT2D eigenvalue weighted by molar-refractivity contribution is 6.36. The fourth-order valence-corrected chi connectivity index (χ4v) is 4.26. The number of rotatable bonds is 6. The highest BCUT2D eigenvalue weighted by atomic mass is 16.6. The van der Waals surface area contributed by atoms with E-state index in [1.54, 1.807) is 40.9 Å². The first kappa shape index (κ1) is 23.4. The third kappa shape index (κ3) is 4.59. The van der Waals surface area contributed by atoms with Crippen molar-refractivity contribution in [2.75, 3.05) is 17.2 Å². The smallest absolute Gasteiger partial charge is 0.269 e. The van der Waals surface area contributed by atoms with Gasteiger partial charge in [0.05, 0.1) is 5.69 Å². The Morgan fingerprint density at radius 3 is 2.74 bits per heavy atom. The molecule has 0 spiro atoms. The van der Waals surface area contributed by atoms with Gasteiger partial charge in [0.15, 0.2) is 17.1 Å². The fraction of sp³-hybridized carbons (Fsp3) is 0.107. The van der Waals surface area contributed by atoms with Gasteiger partial charge in [-0.25, -0.2) is 4.98 Å². The fourth-order valence-electron chi connectivity index (χ4n) is 4.26. The normalized spacial score (nSPS) is 14.3. The van der Waals surface area contributed by atoms with Crippen molar-refractivity contribution in [3.8, 4) is 28.5 Å². The van der Waals surface area contributed by atoms with E-state index in [0.29, 0.717) is 51.9 Å². The van der Waals surface area contributed by atoms with Crippen LogP contribution in [0.5, 0.6) is 17.2 Å². The van der Waals surface area contributed by atoms with E-state index < -0.39 is 6.10 Å². The molecule has 5 aromatic rings. The highest BCUT2D eigenvalue weighted by Crippen LogP contribution is 2.31. The number of benzene rings is 3. The van der Waals surface area contributed by atoms with Gasteiger partial charge in [-0.05, 0) is 47.4 Å². The molecule has 1 atom stereocenters. The molecule has 186 valence electrons. The molecule has 1 unspecified atom stereocenters. The monoisotopic (exact) mass is 503 g/mol. The lowest BCUT2D eigenvalue weighted by Gasteiger charge is -2.25. The van der Waals surface area contributed by atoms with E-state index in [0.717, 1.165) is 5.56 Å². The summed E-state index contributed by atoms with van der Waals surface area (Å²) in [5.41, 5.74) is 3.60. The minimum absolute atomic E-state index is 0.118. The minimum Gasteiger partial charge on any atom is -0.507 e. The molecule has 0 bridgehead atoms. The number of nitrogens with zero attached hydrogens (tertiary/aromatic N) is 3. The molecule has 38 heavy (non-hydrogen) atoms. The van der Waals surface area contributed by atoms with Gasteiger partial charge >= 0.3 is 0 Å². The van der Waals surface area contributed by atoms with Crippen LogP contribution in [0.15, 0.2) is 85.1 Å². The minimum atomic E-state index is -0.755. The van der Waals surface area contributed by atoms with Crippen molar-refractivity contribution in [1.82, 2.24) is 14.6 Å².